The number of nitrogens with one attached hydrogen (secondary N) is 1. The summed E-state index contributed by atoms with van der Waals surface area (Å²) in [5.74, 6) is 0.715. The minimum Gasteiger partial charge on any atom is -0.495 e. The molecule has 0 aromatic heterocycles. The first-order valence-electron chi connectivity index (χ1n) is 8.88. The molecule has 1 N–H and O–H groups in total. The lowest BCUT2D eigenvalue weighted by Crippen LogP contribution is -2.13. The first-order valence-corrected chi connectivity index (χ1v) is 9.26. The fourth-order valence-corrected chi connectivity index (χ4v) is 2.92. The van der Waals surface area contributed by atoms with Crippen LogP contribution in [-0.2, 0) is 6.61 Å². The topological polar surface area (TPSA) is 71.3 Å². The van der Waals surface area contributed by atoms with E-state index in [4.69, 9.17) is 21.1 Å². The minimum atomic E-state index is -0.298. The number of anilines is 1. The SMILES string of the molecule is COc1cc(Cl)c(C)cc1NC(=O)c1cccc(OCc2ccccc2C#N)c1. The van der Waals surface area contributed by atoms with Crippen LogP contribution in [0.15, 0.2) is 60.7 Å². The molecule has 0 spiro atoms. The number of carbonyl (C=O) groups is 1. The van der Waals surface area contributed by atoms with Gasteiger partial charge in [0.15, 0.2) is 0 Å². The van der Waals surface area contributed by atoms with Crippen LogP contribution in [0.4, 0.5) is 5.69 Å². The predicted molar refractivity (Wildman–Crippen MR) is 113 cm³/mol. The molecule has 6 heteroatoms. The van der Waals surface area contributed by atoms with E-state index >= 15 is 0 Å². The average Bonchev–Trinajstić information content (AvgIpc) is 2.75. The molecule has 0 unspecified atom stereocenters. The average molecular weight is 407 g/mol. The number of hydrogen-bond acceptors (Lipinski definition) is 4. The van der Waals surface area contributed by atoms with Crippen molar-refractivity contribution in [3.63, 3.8) is 0 Å². The number of hydrogen-bond donors (Lipinski definition) is 1. The fourth-order valence-electron chi connectivity index (χ4n) is 2.77. The normalized spacial score (nSPS) is 10.1. The van der Waals surface area contributed by atoms with Crippen LogP contribution in [0.1, 0.15) is 27.0 Å². The summed E-state index contributed by atoms with van der Waals surface area (Å²) in [7, 11) is 1.52. The number of ether oxygens (including phenoxy) is 2. The van der Waals surface area contributed by atoms with Crippen LogP contribution in [0.3, 0.4) is 0 Å². The predicted octanol–water partition coefficient (Wildman–Crippen LogP) is 5.36. The number of amides is 1. The van der Waals surface area contributed by atoms with Crippen LogP contribution in [0, 0.1) is 18.3 Å². The summed E-state index contributed by atoms with van der Waals surface area (Å²) in [6.07, 6.45) is 0. The highest BCUT2D eigenvalue weighted by molar-refractivity contribution is 6.31. The van der Waals surface area contributed by atoms with Crippen LogP contribution in [0.25, 0.3) is 0 Å². The summed E-state index contributed by atoms with van der Waals surface area (Å²) in [6.45, 7) is 2.09. The van der Waals surface area contributed by atoms with Gasteiger partial charge in [-0.1, -0.05) is 35.9 Å². The van der Waals surface area contributed by atoms with Gasteiger partial charge < -0.3 is 14.8 Å². The molecule has 0 aliphatic rings. The molecule has 0 radical (unpaired) electrons. The van der Waals surface area contributed by atoms with Crippen molar-refractivity contribution in [1.82, 2.24) is 0 Å². The van der Waals surface area contributed by atoms with Crippen LogP contribution in [0.2, 0.25) is 5.02 Å². The van der Waals surface area contributed by atoms with Crippen molar-refractivity contribution in [2.75, 3.05) is 12.4 Å². The van der Waals surface area contributed by atoms with E-state index in [2.05, 4.69) is 11.4 Å². The van der Waals surface area contributed by atoms with Gasteiger partial charge in [-0.3, -0.25) is 4.79 Å². The second kappa shape index (κ2) is 9.13. The molecular formula is C23H19ClN2O3. The maximum atomic E-state index is 12.7. The zero-order valence-electron chi connectivity index (χ0n) is 16.0. The number of methoxy groups -OCH3 is 1. The van der Waals surface area contributed by atoms with E-state index in [9.17, 15) is 10.1 Å². The molecule has 0 heterocycles. The molecule has 0 saturated heterocycles. The van der Waals surface area contributed by atoms with Gasteiger partial charge in [0.05, 0.1) is 24.4 Å². The fraction of sp³-hybridized carbons (Fsp3) is 0.130. The zero-order valence-corrected chi connectivity index (χ0v) is 16.8. The molecule has 3 rings (SSSR count). The first-order chi connectivity index (χ1) is 14.0. The molecule has 1 amide bonds. The molecule has 3 aromatic rings. The first kappa shape index (κ1) is 20.2. The number of carbonyl (C=O) groups excluding carboxylic acids is 1. The Morgan fingerprint density at radius 3 is 2.69 bits per heavy atom. The second-order valence-corrected chi connectivity index (χ2v) is 6.75. The van der Waals surface area contributed by atoms with Crippen LogP contribution < -0.4 is 14.8 Å². The number of benzene rings is 3. The maximum absolute atomic E-state index is 12.7. The number of halogens is 1. The van der Waals surface area contributed by atoms with Crippen LogP contribution in [-0.4, -0.2) is 13.0 Å². The molecule has 0 bridgehead atoms. The molecule has 0 atom stereocenters. The highest BCUT2D eigenvalue weighted by atomic mass is 35.5. The number of nitrogens with zero attached hydrogens (tertiary/aromatic N) is 1. The van der Waals surface area contributed by atoms with Crippen molar-refractivity contribution < 1.29 is 14.3 Å². The molecule has 0 fully saturated rings. The summed E-state index contributed by atoms with van der Waals surface area (Å²) < 4.78 is 11.1. The van der Waals surface area contributed by atoms with Gasteiger partial charge in [0.2, 0.25) is 0 Å². The van der Waals surface area contributed by atoms with Gasteiger partial charge >= 0.3 is 0 Å². The third-order valence-electron chi connectivity index (χ3n) is 4.36. The van der Waals surface area contributed by atoms with E-state index in [1.165, 1.54) is 7.11 Å². The molecule has 5 nitrogen and oxygen atoms in total. The lowest BCUT2D eigenvalue weighted by Gasteiger charge is -2.13. The van der Waals surface area contributed by atoms with Crippen molar-refractivity contribution in [1.29, 1.82) is 5.26 Å². The standard InChI is InChI=1S/C23H19ClN2O3/c1-15-10-21(22(28-2)12-20(15)24)26-23(27)16-8-5-9-19(11-16)29-14-18-7-4-3-6-17(18)13-25/h3-12H,14H2,1-2H3,(H,26,27). The molecule has 29 heavy (non-hydrogen) atoms. The van der Waals surface area contributed by atoms with Crippen molar-refractivity contribution in [3.05, 3.63) is 87.9 Å². The Balaban J connectivity index is 1.75. The van der Waals surface area contributed by atoms with E-state index in [0.29, 0.717) is 33.3 Å². The maximum Gasteiger partial charge on any atom is 0.255 e. The quantitative estimate of drug-likeness (QED) is 0.598. The number of aryl methyl sites for hydroxylation is 1. The zero-order chi connectivity index (χ0) is 20.8. The number of rotatable bonds is 6. The van der Waals surface area contributed by atoms with Gasteiger partial charge in [-0.2, -0.15) is 5.26 Å². The monoisotopic (exact) mass is 406 g/mol. The molecule has 0 aliphatic carbocycles. The van der Waals surface area contributed by atoms with E-state index in [0.717, 1.165) is 11.1 Å². The lowest BCUT2D eigenvalue weighted by atomic mass is 10.1. The molecule has 0 aliphatic heterocycles. The van der Waals surface area contributed by atoms with Gasteiger partial charge in [0.25, 0.3) is 5.91 Å². The van der Waals surface area contributed by atoms with Crippen LogP contribution >= 0.6 is 11.6 Å². The summed E-state index contributed by atoms with van der Waals surface area (Å²) >= 11 is 6.12. The molecular weight excluding hydrogens is 388 g/mol. The minimum absolute atomic E-state index is 0.235. The summed E-state index contributed by atoms with van der Waals surface area (Å²) in [5.41, 5.74) is 3.15. The summed E-state index contributed by atoms with van der Waals surface area (Å²) in [6, 6.07) is 19.7. The Bertz CT molecular complexity index is 1090. The van der Waals surface area contributed by atoms with E-state index in [-0.39, 0.29) is 12.5 Å². The molecule has 146 valence electrons. The van der Waals surface area contributed by atoms with Gasteiger partial charge in [0.1, 0.15) is 18.1 Å². The van der Waals surface area contributed by atoms with E-state index in [1.54, 1.807) is 48.5 Å². The third-order valence-corrected chi connectivity index (χ3v) is 4.76. The van der Waals surface area contributed by atoms with Crippen molar-refractivity contribution in [3.8, 4) is 17.6 Å². The highest BCUT2D eigenvalue weighted by Crippen LogP contribution is 2.31. The van der Waals surface area contributed by atoms with Gasteiger partial charge in [-0.15, -0.1) is 0 Å². The molecule has 3 aromatic carbocycles. The Labute approximate surface area is 174 Å². The summed E-state index contributed by atoms with van der Waals surface area (Å²) in [4.78, 5) is 12.7. The van der Waals surface area contributed by atoms with E-state index in [1.807, 2.05) is 19.1 Å². The van der Waals surface area contributed by atoms with Crippen molar-refractivity contribution in [2.45, 2.75) is 13.5 Å². The Hall–Kier alpha value is -3.49. The van der Waals surface area contributed by atoms with Gasteiger partial charge in [0, 0.05) is 22.2 Å². The Morgan fingerprint density at radius 2 is 1.93 bits per heavy atom. The smallest absolute Gasteiger partial charge is 0.255 e. The third kappa shape index (κ3) is 4.87. The number of nitriles is 1. The lowest BCUT2D eigenvalue weighted by molar-refractivity contribution is 0.102. The largest absolute Gasteiger partial charge is 0.495 e. The second-order valence-electron chi connectivity index (χ2n) is 6.34. The molecule has 0 saturated carbocycles. The Morgan fingerprint density at radius 1 is 1.14 bits per heavy atom. The van der Waals surface area contributed by atoms with Crippen LogP contribution in [0.5, 0.6) is 11.5 Å². The van der Waals surface area contributed by atoms with Gasteiger partial charge in [-0.25, -0.2) is 0 Å². The van der Waals surface area contributed by atoms with Crippen molar-refractivity contribution >= 4 is 23.2 Å². The van der Waals surface area contributed by atoms with Gasteiger partial charge in [-0.05, 0) is 42.8 Å². The summed E-state index contributed by atoms with van der Waals surface area (Å²) in [5, 5.41) is 12.6. The highest BCUT2D eigenvalue weighted by Gasteiger charge is 2.13. The van der Waals surface area contributed by atoms with Crippen molar-refractivity contribution in [2.24, 2.45) is 0 Å². The Kier molecular flexibility index (Phi) is 6.38. The van der Waals surface area contributed by atoms with E-state index < -0.39 is 0 Å².